The third-order valence-electron chi connectivity index (χ3n) is 2.53. The average Bonchev–Trinajstić information content (AvgIpc) is 3.08. The minimum absolute atomic E-state index is 0.210. The van der Waals surface area contributed by atoms with Crippen LogP contribution in [0.15, 0.2) is 34.7 Å². The standard InChI is InChI=1S/C12H11Cl2NO2S/c13-11-6-1-9(2-7-11)3-8-12(10-4-5-10)15-18(14,16)17/h1-3,6-8,10H,4-5H2/b8-3+,15-12-. The number of hydrogen-bond acceptors (Lipinski definition) is 2. The van der Waals surface area contributed by atoms with E-state index in [1.165, 1.54) is 0 Å². The molecule has 0 heterocycles. The lowest BCUT2D eigenvalue weighted by molar-refractivity contribution is 0.611. The molecule has 6 heteroatoms. The van der Waals surface area contributed by atoms with Gasteiger partial charge in [0, 0.05) is 21.6 Å². The molecule has 0 aromatic heterocycles. The lowest BCUT2D eigenvalue weighted by atomic mass is 10.1. The Bertz CT molecular complexity index is 587. The van der Waals surface area contributed by atoms with Gasteiger partial charge in [-0.1, -0.05) is 29.8 Å². The molecular formula is C12H11Cl2NO2S. The second-order valence-corrected chi connectivity index (χ2v) is 6.70. The Morgan fingerprint density at radius 3 is 2.39 bits per heavy atom. The van der Waals surface area contributed by atoms with Crippen molar-refractivity contribution in [2.24, 2.45) is 10.3 Å². The van der Waals surface area contributed by atoms with Crippen LogP contribution in [0.2, 0.25) is 5.02 Å². The van der Waals surface area contributed by atoms with Crippen LogP contribution in [0.5, 0.6) is 0 Å². The fraction of sp³-hybridized carbons (Fsp3) is 0.250. The molecule has 1 aliphatic carbocycles. The van der Waals surface area contributed by atoms with Gasteiger partial charge in [0.25, 0.3) is 0 Å². The van der Waals surface area contributed by atoms with Crippen molar-refractivity contribution in [1.29, 1.82) is 0 Å². The third-order valence-corrected chi connectivity index (χ3v) is 3.41. The Kier molecular flexibility index (Phi) is 4.10. The summed E-state index contributed by atoms with van der Waals surface area (Å²) in [4.78, 5) is 0. The lowest BCUT2D eigenvalue weighted by Crippen LogP contribution is -1.99. The summed E-state index contributed by atoms with van der Waals surface area (Å²) in [5.41, 5.74) is 1.44. The van der Waals surface area contributed by atoms with Crippen LogP contribution in [-0.4, -0.2) is 14.1 Å². The number of rotatable bonds is 4. The smallest absolute Gasteiger partial charge is 0.187 e. The van der Waals surface area contributed by atoms with Gasteiger partial charge in [-0.15, -0.1) is 0 Å². The van der Waals surface area contributed by atoms with E-state index in [-0.39, 0.29) is 5.92 Å². The molecule has 1 aliphatic rings. The summed E-state index contributed by atoms with van der Waals surface area (Å²) in [7, 11) is 1.28. The largest absolute Gasteiger partial charge is 0.339 e. The third kappa shape index (κ3) is 4.44. The van der Waals surface area contributed by atoms with Crippen LogP contribution in [0.3, 0.4) is 0 Å². The minimum atomic E-state index is -3.85. The number of halogens is 2. The zero-order valence-corrected chi connectivity index (χ0v) is 11.7. The van der Waals surface area contributed by atoms with E-state index in [1.807, 2.05) is 12.1 Å². The van der Waals surface area contributed by atoms with E-state index >= 15 is 0 Å². The second-order valence-electron chi connectivity index (χ2n) is 4.09. The molecule has 0 unspecified atom stereocenters. The van der Waals surface area contributed by atoms with Crippen LogP contribution in [0.1, 0.15) is 18.4 Å². The molecule has 0 bridgehead atoms. The zero-order valence-electron chi connectivity index (χ0n) is 9.38. The molecular weight excluding hydrogens is 293 g/mol. The molecule has 0 saturated heterocycles. The maximum atomic E-state index is 11.0. The van der Waals surface area contributed by atoms with Crippen LogP contribution in [0.4, 0.5) is 0 Å². The second kappa shape index (κ2) is 5.43. The SMILES string of the molecule is O=S(=O)(Cl)/N=C(/C=C/c1ccc(Cl)cc1)C1CC1. The highest BCUT2D eigenvalue weighted by molar-refractivity contribution is 8.12. The first-order valence-corrected chi connectivity index (χ1v) is 8.06. The van der Waals surface area contributed by atoms with Crippen LogP contribution < -0.4 is 0 Å². The minimum Gasteiger partial charge on any atom is -0.187 e. The fourth-order valence-electron chi connectivity index (χ4n) is 1.50. The highest BCUT2D eigenvalue weighted by Gasteiger charge is 2.27. The maximum Gasteiger partial charge on any atom is 0.339 e. The first-order chi connectivity index (χ1) is 8.44. The predicted octanol–water partition coefficient (Wildman–Crippen LogP) is 3.69. The van der Waals surface area contributed by atoms with Crippen molar-refractivity contribution in [1.82, 2.24) is 0 Å². The van der Waals surface area contributed by atoms with Crippen LogP contribution >= 0.6 is 22.3 Å². The molecule has 0 radical (unpaired) electrons. The number of benzene rings is 1. The Morgan fingerprint density at radius 2 is 1.89 bits per heavy atom. The van der Waals surface area contributed by atoms with Gasteiger partial charge in [-0.3, -0.25) is 0 Å². The molecule has 0 N–H and O–H groups in total. The summed E-state index contributed by atoms with van der Waals surface area (Å²) in [5, 5.41) is 0.659. The zero-order chi connectivity index (χ0) is 13.2. The van der Waals surface area contributed by atoms with Crippen molar-refractivity contribution in [3.63, 3.8) is 0 Å². The molecule has 1 saturated carbocycles. The van der Waals surface area contributed by atoms with Crippen LogP contribution in [0.25, 0.3) is 6.08 Å². The summed E-state index contributed by atoms with van der Waals surface area (Å²) in [5.74, 6) is 0.210. The Hall–Kier alpha value is -0.840. The molecule has 2 rings (SSSR count). The summed E-state index contributed by atoms with van der Waals surface area (Å²) in [6.45, 7) is 0. The van der Waals surface area contributed by atoms with E-state index in [0.29, 0.717) is 10.7 Å². The summed E-state index contributed by atoms with van der Waals surface area (Å²) < 4.78 is 25.5. The number of hydrogen-bond donors (Lipinski definition) is 0. The molecule has 0 aliphatic heterocycles. The molecule has 0 spiro atoms. The Labute approximate surface area is 116 Å². The summed E-state index contributed by atoms with van der Waals surface area (Å²) >= 11 is 5.78. The highest BCUT2D eigenvalue weighted by Crippen LogP contribution is 2.32. The Balaban J connectivity index is 2.19. The summed E-state index contributed by atoms with van der Waals surface area (Å²) in [6, 6.07) is 7.23. The van der Waals surface area contributed by atoms with Gasteiger partial charge >= 0.3 is 9.24 Å². The molecule has 18 heavy (non-hydrogen) atoms. The summed E-state index contributed by atoms with van der Waals surface area (Å²) in [6.07, 6.45) is 5.41. The normalized spacial score (nSPS) is 17.3. The van der Waals surface area contributed by atoms with Gasteiger partial charge in [-0.2, -0.15) is 12.8 Å². The topological polar surface area (TPSA) is 46.5 Å². The predicted molar refractivity (Wildman–Crippen MR) is 75.4 cm³/mol. The molecule has 1 fully saturated rings. The molecule has 0 amide bonds. The molecule has 96 valence electrons. The van der Waals surface area contributed by atoms with E-state index in [9.17, 15) is 8.42 Å². The average molecular weight is 304 g/mol. The van der Waals surface area contributed by atoms with Crippen LogP contribution in [0, 0.1) is 5.92 Å². The van der Waals surface area contributed by atoms with E-state index in [4.69, 9.17) is 22.3 Å². The van der Waals surface area contributed by atoms with Crippen molar-refractivity contribution < 1.29 is 8.42 Å². The van der Waals surface area contributed by atoms with Gasteiger partial charge in [0.05, 0.1) is 5.71 Å². The van der Waals surface area contributed by atoms with Gasteiger partial charge < -0.3 is 0 Å². The van der Waals surface area contributed by atoms with Gasteiger partial charge in [0.2, 0.25) is 0 Å². The fourth-order valence-corrected chi connectivity index (χ4v) is 2.33. The van der Waals surface area contributed by atoms with Gasteiger partial charge in [-0.05, 0) is 36.6 Å². The molecule has 0 atom stereocenters. The van der Waals surface area contributed by atoms with E-state index in [0.717, 1.165) is 18.4 Å². The highest BCUT2D eigenvalue weighted by atomic mass is 35.7. The van der Waals surface area contributed by atoms with Crippen molar-refractivity contribution in [3.8, 4) is 0 Å². The van der Waals surface area contributed by atoms with E-state index < -0.39 is 9.24 Å². The van der Waals surface area contributed by atoms with Gasteiger partial charge in [-0.25, -0.2) is 0 Å². The first kappa shape index (κ1) is 13.6. The van der Waals surface area contributed by atoms with Gasteiger partial charge in [0.1, 0.15) is 0 Å². The quantitative estimate of drug-likeness (QED) is 0.629. The van der Waals surface area contributed by atoms with Crippen molar-refractivity contribution in [2.45, 2.75) is 12.8 Å². The number of nitrogens with zero attached hydrogens (tertiary/aromatic N) is 1. The molecule has 1 aromatic rings. The van der Waals surface area contributed by atoms with Crippen molar-refractivity contribution in [3.05, 3.63) is 40.9 Å². The first-order valence-electron chi connectivity index (χ1n) is 5.42. The van der Waals surface area contributed by atoms with Crippen molar-refractivity contribution >= 4 is 43.3 Å². The molecule has 1 aromatic carbocycles. The lowest BCUT2D eigenvalue weighted by Gasteiger charge is -1.97. The number of allylic oxidation sites excluding steroid dienone is 1. The van der Waals surface area contributed by atoms with E-state index in [1.54, 1.807) is 24.3 Å². The van der Waals surface area contributed by atoms with Gasteiger partial charge in [0.15, 0.2) is 0 Å². The monoisotopic (exact) mass is 303 g/mol. The maximum absolute atomic E-state index is 11.0. The van der Waals surface area contributed by atoms with Crippen LogP contribution in [-0.2, 0) is 9.24 Å². The van der Waals surface area contributed by atoms with Crippen molar-refractivity contribution in [2.75, 3.05) is 0 Å². The Morgan fingerprint density at radius 1 is 1.28 bits per heavy atom. The van der Waals surface area contributed by atoms with E-state index in [2.05, 4.69) is 4.40 Å². The molecule has 3 nitrogen and oxygen atoms in total.